The van der Waals surface area contributed by atoms with Gasteiger partial charge in [-0.25, -0.2) is 4.98 Å². The molecule has 1 amide bonds. The van der Waals surface area contributed by atoms with Gasteiger partial charge < -0.3 is 10.6 Å². The molecule has 2 N–H and O–H groups in total. The zero-order chi connectivity index (χ0) is 13.0. The predicted molar refractivity (Wildman–Crippen MR) is 73.8 cm³/mol. The molecule has 1 heterocycles. The van der Waals surface area contributed by atoms with Crippen LogP contribution < -0.4 is 5.73 Å². The fraction of sp³-hybridized carbons (Fsp3) is 0.692. The van der Waals surface area contributed by atoms with Crippen LogP contribution in [0.25, 0.3) is 0 Å². The van der Waals surface area contributed by atoms with Crippen LogP contribution in [-0.4, -0.2) is 35.4 Å². The second kappa shape index (κ2) is 6.29. The summed E-state index contributed by atoms with van der Waals surface area (Å²) in [5.74, 6) is 0.778. The van der Waals surface area contributed by atoms with Gasteiger partial charge in [-0.05, 0) is 32.2 Å². The minimum absolute atomic E-state index is 0.0731. The highest BCUT2D eigenvalue weighted by atomic mass is 32.1. The van der Waals surface area contributed by atoms with Gasteiger partial charge in [0.1, 0.15) is 5.69 Å². The van der Waals surface area contributed by atoms with E-state index in [-0.39, 0.29) is 5.91 Å². The zero-order valence-corrected chi connectivity index (χ0v) is 11.7. The van der Waals surface area contributed by atoms with Gasteiger partial charge in [0.25, 0.3) is 5.91 Å². The van der Waals surface area contributed by atoms with Crippen molar-refractivity contribution in [2.24, 2.45) is 11.7 Å². The Labute approximate surface area is 112 Å². The molecule has 0 spiro atoms. The van der Waals surface area contributed by atoms with Crippen LogP contribution in [-0.2, 0) is 6.42 Å². The number of hydrogen-bond donors (Lipinski definition) is 1. The van der Waals surface area contributed by atoms with E-state index in [1.165, 1.54) is 30.6 Å². The lowest BCUT2D eigenvalue weighted by molar-refractivity contribution is 0.0701. The van der Waals surface area contributed by atoms with E-state index in [4.69, 9.17) is 5.73 Å². The summed E-state index contributed by atoms with van der Waals surface area (Å²) < 4.78 is 0. The molecule has 1 fully saturated rings. The van der Waals surface area contributed by atoms with Crippen molar-refractivity contribution in [3.63, 3.8) is 0 Å². The van der Waals surface area contributed by atoms with Crippen molar-refractivity contribution in [1.82, 2.24) is 9.88 Å². The van der Waals surface area contributed by atoms with Crippen LogP contribution in [0.4, 0.5) is 0 Å². The maximum atomic E-state index is 12.3. The molecule has 2 rings (SSSR count). The quantitative estimate of drug-likeness (QED) is 0.856. The maximum Gasteiger partial charge on any atom is 0.273 e. The Hall–Kier alpha value is -0.940. The molecule has 18 heavy (non-hydrogen) atoms. The number of amides is 1. The highest BCUT2D eigenvalue weighted by molar-refractivity contribution is 7.09. The van der Waals surface area contributed by atoms with Crippen molar-refractivity contribution in [2.75, 3.05) is 19.6 Å². The molecule has 1 aromatic rings. The number of nitrogens with two attached hydrogens (primary N) is 1. The fourth-order valence-corrected chi connectivity index (χ4v) is 2.94. The Kier molecular flexibility index (Phi) is 4.72. The van der Waals surface area contributed by atoms with Gasteiger partial charge in [-0.3, -0.25) is 4.79 Å². The van der Waals surface area contributed by atoms with Crippen LogP contribution in [0.1, 0.15) is 41.7 Å². The third-order valence-electron chi connectivity index (χ3n) is 3.50. The molecule has 5 heteroatoms. The van der Waals surface area contributed by atoms with Gasteiger partial charge in [-0.2, -0.15) is 0 Å². The van der Waals surface area contributed by atoms with E-state index >= 15 is 0 Å². The lowest BCUT2D eigenvalue weighted by atomic mass is 9.85. The van der Waals surface area contributed by atoms with Crippen LogP contribution >= 0.6 is 11.3 Å². The molecule has 0 radical (unpaired) electrons. The van der Waals surface area contributed by atoms with Gasteiger partial charge in [0.15, 0.2) is 0 Å². The van der Waals surface area contributed by atoms with Crippen LogP contribution in [0, 0.1) is 5.92 Å². The minimum Gasteiger partial charge on any atom is -0.337 e. The summed E-state index contributed by atoms with van der Waals surface area (Å²) in [4.78, 5) is 18.6. The van der Waals surface area contributed by atoms with E-state index in [0.29, 0.717) is 18.2 Å². The Morgan fingerprint density at radius 3 is 2.94 bits per heavy atom. The molecule has 0 unspecified atom stereocenters. The number of carbonyl (C=O) groups is 1. The Balaban J connectivity index is 1.97. The lowest BCUT2D eigenvalue weighted by Crippen LogP contribution is -2.37. The van der Waals surface area contributed by atoms with Crippen LogP contribution in [0.15, 0.2) is 5.38 Å². The van der Waals surface area contributed by atoms with Gasteiger partial charge >= 0.3 is 0 Å². The number of carbonyl (C=O) groups excluding carboxylic acids is 1. The molecule has 0 bridgehead atoms. The topological polar surface area (TPSA) is 59.2 Å². The summed E-state index contributed by atoms with van der Waals surface area (Å²) in [6.45, 7) is 4.27. The number of thiazole rings is 1. The van der Waals surface area contributed by atoms with Crippen molar-refractivity contribution in [2.45, 2.75) is 32.6 Å². The van der Waals surface area contributed by atoms with Crippen molar-refractivity contribution >= 4 is 17.2 Å². The van der Waals surface area contributed by atoms with Crippen molar-refractivity contribution in [3.05, 3.63) is 16.1 Å². The highest BCUT2D eigenvalue weighted by Gasteiger charge is 2.24. The molecule has 0 aromatic carbocycles. The second-order valence-corrected chi connectivity index (χ2v) is 5.75. The van der Waals surface area contributed by atoms with Gasteiger partial charge in [-0.1, -0.05) is 6.42 Å². The maximum absolute atomic E-state index is 12.3. The Bertz CT molecular complexity index is 401. The highest BCUT2D eigenvalue weighted by Crippen LogP contribution is 2.27. The summed E-state index contributed by atoms with van der Waals surface area (Å²) in [6.07, 6.45) is 4.60. The summed E-state index contributed by atoms with van der Waals surface area (Å²) in [5, 5.41) is 2.82. The third kappa shape index (κ3) is 3.09. The van der Waals surface area contributed by atoms with E-state index in [1.807, 2.05) is 17.2 Å². The molecule has 0 saturated heterocycles. The lowest BCUT2D eigenvalue weighted by Gasteiger charge is -2.31. The Morgan fingerprint density at radius 1 is 1.61 bits per heavy atom. The molecule has 0 aliphatic heterocycles. The monoisotopic (exact) mass is 267 g/mol. The number of hydrogen-bond acceptors (Lipinski definition) is 4. The first-order valence-corrected chi connectivity index (χ1v) is 7.56. The summed E-state index contributed by atoms with van der Waals surface area (Å²) in [6, 6.07) is 0. The standard InChI is InChI=1S/C13H21N3OS/c1-2-16(8-10-4-3-5-10)13(17)11-9-18-12(15-11)6-7-14/h9-10H,2-8,14H2,1H3. The van der Waals surface area contributed by atoms with Crippen LogP contribution in [0.3, 0.4) is 0 Å². The Morgan fingerprint density at radius 2 is 2.39 bits per heavy atom. The first kappa shape index (κ1) is 13.5. The molecule has 1 aliphatic carbocycles. The van der Waals surface area contributed by atoms with E-state index in [0.717, 1.165) is 24.5 Å². The van der Waals surface area contributed by atoms with E-state index in [2.05, 4.69) is 4.98 Å². The largest absolute Gasteiger partial charge is 0.337 e. The summed E-state index contributed by atoms with van der Waals surface area (Å²) in [7, 11) is 0. The zero-order valence-electron chi connectivity index (χ0n) is 10.9. The average Bonchev–Trinajstić information content (AvgIpc) is 2.76. The molecule has 4 nitrogen and oxygen atoms in total. The molecule has 1 aromatic heterocycles. The van der Waals surface area contributed by atoms with Crippen molar-refractivity contribution < 1.29 is 4.79 Å². The fourth-order valence-electron chi connectivity index (χ4n) is 2.15. The smallest absolute Gasteiger partial charge is 0.273 e. The van der Waals surface area contributed by atoms with Crippen LogP contribution in [0.5, 0.6) is 0 Å². The molecule has 100 valence electrons. The first-order chi connectivity index (χ1) is 8.74. The molecule has 0 atom stereocenters. The van der Waals surface area contributed by atoms with Gasteiger partial charge in [0.05, 0.1) is 5.01 Å². The number of rotatable bonds is 6. The normalized spacial score (nSPS) is 15.4. The van der Waals surface area contributed by atoms with Crippen molar-refractivity contribution in [3.8, 4) is 0 Å². The van der Waals surface area contributed by atoms with Crippen LogP contribution in [0.2, 0.25) is 0 Å². The summed E-state index contributed by atoms with van der Waals surface area (Å²) in [5.41, 5.74) is 6.08. The second-order valence-electron chi connectivity index (χ2n) is 4.81. The van der Waals surface area contributed by atoms with Gasteiger partial charge in [0.2, 0.25) is 0 Å². The van der Waals surface area contributed by atoms with Gasteiger partial charge in [-0.15, -0.1) is 11.3 Å². The number of nitrogens with zero attached hydrogens (tertiary/aromatic N) is 2. The number of aromatic nitrogens is 1. The third-order valence-corrected chi connectivity index (χ3v) is 4.41. The van der Waals surface area contributed by atoms with E-state index < -0.39 is 0 Å². The molecule has 1 aliphatic rings. The van der Waals surface area contributed by atoms with Gasteiger partial charge in [0, 0.05) is 24.9 Å². The SMILES string of the molecule is CCN(CC1CCC1)C(=O)c1csc(CCN)n1. The summed E-state index contributed by atoms with van der Waals surface area (Å²) >= 11 is 1.53. The minimum atomic E-state index is 0.0731. The molecule has 1 saturated carbocycles. The first-order valence-electron chi connectivity index (χ1n) is 6.68. The van der Waals surface area contributed by atoms with E-state index in [9.17, 15) is 4.79 Å². The van der Waals surface area contributed by atoms with E-state index in [1.54, 1.807) is 0 Å². The molecular weight excluding hydrogens is 246 g/mol. The average molecular weight is 267 g/mol. The molecular formula is C13H21N3OS. The predicted octanol–water partition coefficient (Wildman–Crippen LogP) is 1.91. The van der Waals surface area contributed by atoms with Crippen molar-refractivity contribution in [1.29, 1.82) is 0 Å².